The average Bonchev–Trinajstić information content (AvgIpc) is 2.12. The van der Waals surface area contributed by atoms with Gasteiger partial charge in [-0.1, -0.05) is 45.6 Å². The summed E-state index contributed by atoms with van der Waals surface area (Å²) in [6, 6.07) is 0. The Morgan fingerprint density at radius 3 is 2.54 bits per heavy atom. The molecule has 0 aromatic rings. The van der Waals surface area contributed by atoms with Gasteiger partial charge in [-0.2, -0.15) is 0 Å². The van der Waals surface area contributed by atoms with Gasteiger partial charge < -0.3 is 0 Å². The summed E-state index contributed by atoms with van der Waals surface area (Å²) in [4.78, 5) is 10.3. The summed E-state index contributed by atoms with van der Waals surface area (Å²) >= 11 is 0. The number of hydrogen-bond acceptors (Lipinski definition) is 1. The molecule has 0 heterocycles. The summed E-state index contributed by atoms with van der Waals surface area (Å²) in [5.41, 5.74) is 0.864. The van der Waals surface area contributed by atoms with Crippen LogP contribution in [0.5, 0.6) is 0 Å². The quantitative estimate of drug-likeness (QED) is 0.333. The Bertz CT molecular complexity index is 159. The third-order valence-electron chi connectivity index (χ3n) is 2.25. The molecule has 0 saturated carbocycles. The summed E-state index contributed by atoms with van der Waals surface area (Å²) in [5, 5.41) is 0. The normalized spacial score (nSPS) is 14.2. The second-order valence-corrected chi connectivity index (χ2v) is 3.86. The van der Waals surface area contributed by atoms with Crippen LogP contribution in [0.25, 0.3) is 0 Å². The standard InChI is InChI=1S/C12H22O/c1-4-5-6-7-8-11(2)9-12(3)10-13/h9-11H,4-8H2,1-3H3/b12-9+/t11-/m0/s1. The minimum atomic E-state index is 0.557. The van der Waals surface area contributed by atoms with Gasteiger partial charge in [-0.15, -0.1) is 0 Å². The van der Waals surface area contributed by atoms with E-state index in [2.05, 4.69) is 19.9 Å². The summed E-state index contributed by atoms with van der Waals surface area (Å²) in [6.07, 6.45) is 9.46. The molecule has 0 radical (unpaired) electrons. The first-order chi connectivity index (χ1) is 6.20. The van der Waals surface area contributed by atoms with Crippen LogP contribution in [0.2, 0.25) is 0 Å². The van der Waals surface area contributed by atoms with E-state index in [0.29, 0.717) is 5.92 Å². The molecule has 0 unspecified atom stereocenters. The maximum atomic E-state index is 10.3. The Hall–Kier alpha value is -0.590. The van der Waals surface area contributed by atoms with E-state index < -0.39 is 0 Å². The molecular formula is C12H22O. The lowest BCUT2D eigenvalue weighted by Gasteiger charge is -2.05. The van der Waals surface area contributed by atoms with Crippen LogP contribution in [-0.2, 0) is 4.79 Å². The van der Waals surface area contributed by atoms with Crippen LogP contribution < -0.4 is 0 Å². The van der Waals surface area contributed by atoms with Crippen molar-refractivity contribution in [3.8, 4) is 0 Å². The Morgan fingerprint density at radius 2 is 2.00 bits per heavy atom. The predicted molar refractivity (Wildman–Crippen MR) is 57.7 cm³/mol. The van der Waals surface area contributed by atoms with E-state index in [4.69, 9.17) is 0 Å². The molecule has 0 aromatic heterocycles. The van der Waals surface area contributed by atoms with Gasteiger partial charge in [-0.3, -0.25) is 4.79 Å². The molecule has 0 N–H and O–H groups in total. The highest BCUT2D eigenvalue weighted by molar-refractivity contribution is 5.72. The van der Waals surface area contributed by atoms with Crippen molar-refractivity contribution < 1.29 is 4.79 Å². The Morgan fingerprint density at radius 1 is 1.31 bits per heavy atom. The lowest BCUT2D eigenvalue weighted by molar-refractivity contribution is -0.104. The highest BCUT2D eigenvalue weighted by Crippen LogP contribution is 2.12. The molecule has 76 valence electrons. The second-order valence-electron chi connectivity index (χ2n) is 3.86. The first-order valence-corrected chi connectivity index (χ1v) is 5.34. The van der Waals surface area contributed by atoms with Gasteiger partial charge in [0.05, 0.1) is 0 Å². The van der Waals surface area contributed by atoms with Gasteiger partial charge in [0.15, 0.2) is 0 Å². The first kappa shape index (κ1) is 12.4. The Kier molecular flexibility index (Phi) is 7.66. The highest BCUT2D eigenvalue weighted by atomic mass is 16.1. The second kappa shape index (κ2) is 8.03. The number of allylic oxidation sites excluding steroid dienone is 2. The molecule has 1 atom stereocenters. The van der Waals surface area contributed by atoms with Gasteiger partial charge in [0.2, 0.25) is 0 Å². The van der Waals surface area contributed by atoms with Crippen molar-refractivity contribution in [2.75, 3.05) is 0 Å². The van der Waals surface area contributed by atoms with Crippen molar-refractivity contribution in [1.82, 2.24) is 0 Å². The lowest BCUT2D eigenvalue weighted by atomic mass is 10.0. The maximum absolute atomic E-state index is 10.3. The van der Waals surface area contributed by atoms with Crippen molar-refractivity contribution in [2.45, 2.75) is 52.9 Å². The monoisotopic (exact) mass is 182 g/mol. The maximum Gasteiger partial charge on any atom is 0.145 e. The highest BCUT2D eigenvalue weighted by Gasteiger charge is 1.98. The van der Waals surface area contributed by atoms with Crippen molar-refractivity contribution in [3.63, 3.8) is 0 Å². The van der Waals surface area contributed by atoms with Crippen molar-refractivity contribution in [2.24, 2.45) is 5.92 Å². The van der Waals surface area contributed by atoms with E-state index in [9.17, 15) is 4.79 Å². The minimum absolute atomic E-state index is 0.557. The van der Waals surface area contributed by atoms with Crippen LogP contribution in [0, 0.1) is 5.92 Å². The Balaban J connectivity index is 3.50. The molecule has 0 aromatic carbocycles. The predicted octanol–water partition coefficient (Wildman–Crippen LogP) is 3.74. The Labute approximate surface area is 82.2 Å². The van der Waals surface area contributed by atoms with Gasteiger partial charge in [-0.25, -0.2) is 0 Å². The smallest absolute Gasteiger partial charge is 0.145 e. The number of aldehydes is 1. The largest absolute Gasteiger partial charge is 0.298 e. The minimum Gasteiger partial charge on any atom is -0.298 e. The zero-order valence-electron chi connectivity index (χ0n) is 9.18. The summed E-state index contributed by atoms with van der Waals surface area (Å²) in [7, 11) is 0. The SMILES string of the molecule is CCCCCC[C@H](C)/C=C(\C)C=O. The van der Waals surface area contributed by atoms with Crippen LogP contribution in [0.4, 0.5) is 0 Å². The van der Waals surface area contributed by atoms with Crippen LogP contribution in [-0.4, -0.2) is 6.29 Å². The molecule has 0 amide bonds. The van der Waals surface area contributed by atoms with Crippen molar-refractivity contribution >= 4 is 6.29 Å². The van der Waals surface area contributed by atoms with E-state index in [1.54, 1.807) is 0 Å². The molecule has 0 aliphatic rings. The molecule has 0 aliphatic carbocycles. The average molecular weight is 182 g/mol. The van der Waals surface area contributed by atoms with E-state index in [1.165, 1.54) is 32.1 Å². The van der Waals surface area contributed by atoms with Crippen molar-refractivity contribution in [1.29, 1.82) is 0 Å². The summed E-state index contributed by atoms with van der Waals surface area (Å²) < 4.78 is 0. The molecule has 0 fully saturated rings. The molecule has 1 nitrogen and oxygen atoms in total. The number of carbonyl (C=O) groups excluding carboxylic acids is 1. The third-order valence-corrected chi connectivity index (χ3v) is 2.25. The first-order valence-electron chi connectivity index (χ1n) is 5.34. The number of rotatable bonds is 7. The summed E-state index contributed by atoms with van der Waals surface area (Å²) in [6.45, 7) is 6.27. The van der Waals surface area contributed by atoms with Crippen LogP contribution in [0.3, 0.4) is 0 Å². The summed E-state index contributed by atoms with van der Waals surface area (Å²) in [5.74, 6) is 0.557. The van der Waals surface area contributed by atoms with E-state index in [1.807, 2.05) is 6.92 Å². The van der Waals surface area contributed by atoms with E-state index in [0.717, 1.165) is 11.9 Å². The lowest BCUT2D eigenvalue weighted by Crippen LogP contribution is -1.92. The molecule has 0 saturated heterocycles. The number of hydrogen-bond donors (Lipinski definition) is 0. The fourth-order valence-corrected chi connectivity index (χ4v) is 1.46. The fraction of sp³-hybridized carbons (Fsp3) is 0.750. The molecule has 0 rings (SSSR count). The van der Waals surface area contributed by atoms with Gasteiger partial charge in [0.25, 0.3) is 0 Å². The topological polar surface area (TPSA) is 17.1 Å². The zero-order valence-corrected chi connectivity index (χ0v) is 9.18. The zero-order chi connectivity index (χ0) is 10.1. The fourth-order valence-electron chi connectivity index (χ4n) is 1.46. The van der Waals surface area contributed by atoms with Crippen LogP contribution in [0.1, 0.15) is 52.9 Å². The third kappa shape index (κ3) is 7.76. The number of unbranched alkanes of at least 4 members (excludes halogenated alkanes) is 3. The molecule has 0 spiro atoms. The van der Waals surface area contributed by atoms with Gasteiger partial charge >= 0.3 is 0 Å². The molecule has 13 heavy (non-hydrogen) atoms. The van der Waals surface area contributed by atoms with Gasteiger partial charge in [-0.05, 0) is 24.8 Å². The van der Waals surface area contributed by atoms with Crippen LogP contribution >= 0.6 is 0 Å². The van der Waals surface area contributed by atoms with E-state index in [-0.39, 0.29) is 0 Å². The van der Waals surface area contributed by atoms with E-state index >= 15 is 0 Å². The molecular weight excluding hydrogens is 160 g/mol. The molecule has 1 heteroatoms. The molecule has 0 aliphatic heterocycles. The van der Waals surface area contributed by atoms with Crippen LogP contribution in [0.15, 0.2) is 11.6 Å². The van der Waals surface area contributed by atoms with Gasteiger partial charge in [0, 0.05) is 0 Å². The number of carbonyl (C=O) groups is 1. The van der Waals surface area contributed by atoms with Gasteiger partial charge in [0.1, 0.15) is 6.29 Å². The molecule has 0 bridgehead atoms. The van der Waals surface area contributed by atoms with Crippen molar-refractivity contribution in [3.05, 3.63) is 11.6 Å².